The SMILES string of the molecule is CC1(C)CC2CC(C)(C(N)=O)CC(c3ccccc3)(C2)C1.CCCC1CCNCC1. The fourth-order valence-corrected chi connectivity index (χ4v) is 7.08. The van der Waals surface area contributed by atoms with Gasteiger partial charge in [-0.25, -0.2) is 0 Å². The Hall–Kier alpha value is -1.35. The third kappa shape index (κ3) is 5.46. The number of carbonyl (C=O) groups is 1. The Morgan fingerprint density at radius 1 is 1.03 bits per heavy atom. The van der Waals surface area contributed by atoms with E-state index in [1.54, 1.807) is 0 Å². The maximum atomic E-state index is 12.1. The van der Waals surface area contributed by atoms with Gasteiger partial charge in [-0.15, -0.1) is 0 Å². The van der Waals surface area contributed by atoms with Gasteiger partial charge in [-0.3, -0.25) is 4.79 Å². The number of hydrogen-bond acceptors (Lipinski definition) is 2. The molecule has 1 aliphatic heterocycles. The topological polar surface area (TPSA) is 55.1 Å². The molecule has 0 radical (unpaired) electrons. The molecule has 1 heterocycles. The van der Waals surface area contributed by atoms with Crippen LogP contribution in [0.3, 0.4) is 0 Å². The van der Waals surface area contributed by atoms with E-state index in [2.05, 4.69) is 63.3 Å². The molecule has 3 heteroatoms. The van der Waals surface area contributed by atoms with Gasteiger partial charge in [0.05, 0.1) is 0 Å². The van der Waals surface area contributed by atoms with Crippen LogP contribution in [0.2, 0.25) is 0 Å². The fraction of sp³-hybridized carbons (Fsp3) is 0.741. The van der Waals surface area contributed by atoms with Crippen LogP contribution in [0.15, 0.2) is 30.3 Å². The van der Waals surface area contributed by atoms with Crippen LogP contribution in [-0.4, -0.2) is 19.0 Å². The van der Waals surface area contributed by atoms with Crippen LogP contribution < -0.4 is 11.1 Å². The molecule has 2 bridgehead atoms. The summed E-state index contributed by atoms with van der Waals surface area (Å²) in [5.74, 6) is 1.53. The number of fused-ring (bicyclic) bond motifs is 2. The van der Waals surface area contributed by atoms with Gasteiger partial charge in [0.1, 0.15) is 0 Å². The summed E-state index contributed by atoms with van der Waals surface area (Å²) in [6.45, 7) is 11.6. The van der Waals surface area contributed by atoms with Crippen molar-refractivity contribution in [1.29, 1.82) is 0 Å². The Balaban J connectivity index is 0.000000239. The van der Waals surface area contributed by atoms with Crippen molar-refractivity contribution in [3.8, 4) is 0 Å². The second-order valence-corrected chi connectivity index (χ2v) is 11.5. The van der Waals surface area contributed by atoms with E-state index in [4.69, 9.17) is 5.73 Å². The minimum absolute atomic E-state index is 0.118. The standard InChI is InChI=1S/C19H27NO.C8H17N/c1-17(2)9-14-10-18(3,16(20)21)13-19(11-14,12-17)15-7-5-4-6-8-15;1-2-3-8-4-6-9-7-5-8/h4-8,14H,9-13H2,1-3H3,(H2,20,21);8-9H,2-7H2,1H3. The highest BCUT2D eigenvalue weighted by Gasteiger charge is 2.54. The third-order valence-corrected chi connectivity index (χ3v) is 7.94. The summed E-state index contributed by atoms with van der Waals surface area (Å²) in [4.78, 5) is 12.1. The minimum Gasteiger partial charge on any atom is -0.369 e. The summed E-state index contributed by atoms with van der Waals surface area (Å²) < 4.78 is 0. The van der Waals surface area contributed by atoms with Crippen LogP contribution in [-0.2, 0) is 10.2 Å². The quantitative estimate of drug-likeness (QED) is 0.654. The molecule has 3 aliphatic rings. The van der Waals surface area contributed by atoms with Crippen molar-refractivity contribution in [2.24, 2.45) is 28.4 Å². The van der Waals surface area contributed by atoms with Gasteiger partial charge >= 0.3 is 0 Å². The predicted octanol–water partition coefficient (Wildman–Crippen LogP) is 5.82. The normalized spacial score (nSPS) is 33.3. The second kappa shape index (κ2) is 9.42. The number of benzene rings is 1. The Bertz CT molecular complexity index is 691. The predicted molar refractivity (Wildman–Crippen MR) is 126 cm³/mol. The molecule has 0 aromatic heterocycles. The molecule has 1 aromatic rings. The Kier molecular flexibility index (Phi) is 7.32. The Labute approximate surface area is 184 Å². The highest BCUT2D eigenvalue weighted by atomic mass is 16.1. The largest absolute Gasteiger partial charge is 0.369 e. The molecule has 3 N–H and O–H groups in total. The molecule has 1 aromatic carbocycles. The van der Waals surface area contributed by atoms with Crippen molar-refractivity contribution in [1.82, 2.24) is 5.32 Å². The first-order valence-corrected chi connectivity index (χ1v) is 12.2. The van der Waals surface area contributed by atoms with Gasteiger partial charge in [0.2, 0.25) is 5.91 Å². The van der Waals surface area contributed by atoms with E-state index >= 15 is 0 Å². The lowest BCUT2D eigenvalue weighted by atomic mass is 9.47. The zero-order valence-electron chi connectivity index (χ0n) is 19.8. The van der Waals surface area contributed by atoms with Gasteiger partial charge in [0.15, 0.2) is 0 Å². The van der Waals surface area contributed by atoms with E-state index in [1.165, 1.54) is 57.2 Å². The van der Waals surface area contributed by atoms with Gasteiger partial charge in [0, 0.05) is 5.41 Å². The zero-order valence-corrected chi connectivity index (χ0v) is 19.8. The van der Waals surface area contributed by atoms with E-state index in [0.717, 1.165) is 25.2 Å². The van der Waals surface area contributed by atoms with Crippen molar-refractivity contribution < 1.29 is 4.79 Å². The molecule has 3 unspecified atom stereocenters. The van der Waals surface area contributed by atoms with Gasteiger partial charge < -0.3 is 11.1 Å². The van der Waals surface area contributed by atoms with Crippen molar-refractivity contribution in [3.63, 3.8) is 0 Å². The van der Waals surface area contributed by atoms with Crippen molar-refractivity contribution >= 4 is 5.91 Å². The second-order valence-electron chi connectivity index (χ2n) is 11.5. The molecule has 1 saturated heterocycles. The smallest absolute Gasteiger partial charge is 0.223 e. The maximum Gasteiger partial charge on any atom is 0.223 e. The summed E-state index contributed by atoms with van der Waals surface area (Å²) in [6, 6.07) is 10.8. The molecule has 30 heavy (non-hydrogen) atoms. The van der Waals surface area contributed by atoms with E-state index in [9.17, 15) is 4.79 Å². The molecule has 4 rings (SSSR count). The molecule has 2 saturated carbocycles. The molecule has 1 amide bonds. The van der Waals surface area contributed by atoms with Crippen LogP contribution >= 0.6 is 0 Å². The molecule has 2 aliphatic carbocycles. The molecular weight excluding hydrogens is 368 g/mol. The number of carbonyl (C=O) groups excluding carboxylic acids is 1. The molecule has 3 atom stereocenters. The van der Waals surface area contributed by atoms with Crippen LogP contribution in [0.4, 0.5) is 0 Å². The zero-order chi connectivity index (χ0) is 21.8. The number of amides is 1. The van der Waals surface area contributed by atoms with E-state index in [0.29, 0.717) is 11.3 Å². The maximum absolute atomic E-state index is 12.1. The van der Waals surface area contributed by atoms with Crippen LogP contribution in [0, 0.1) is 22.7 Å². The van der Waals surface area contributed by atoms with Crippen molar-refractivity contribution in [2.45, 2.75) is 90.9 Å². The van der Waals surface area contributed by atoms with Crippen molar-refractivity contribution in [3.05, 3.63) is 35.9 Å². The first-order valence-electron chi connectivity index (χ1n) is 12.2. The van der Waals surface area contributed by atoms with Crippen LogP contribution in [0.5, 0.6) is 0 Å². The lowest BCUT2D eigenvalue weighted by Crippen LogP contribution is -2.52. The molecule has 3 nitrogen and oxygen atoms in total. The number of rotatable bonds is 4. The van der Waals surface area contributed by atoms with E-state index < -0.39 is 0 Å². The Morgan fingerprint density at radius 2 is 1.70 bits per heavy atom. The fourth-order valence-electron chi connectivity index (χ4n) is 7.08. The lowest BCUT2D eigenvalue weighted by Gasteiger charge is -2.56. The lowest BCUT2D eigenvalue weighted by molar-refractivity contribution is -0.134. The molecule has 0 spiro atoms. The van der Waals surface area contributed by atoms with Crippen molar-refractivity contribution in [2.75, 3.05) is 13.1 Å². The van der Waals surface area contributed by atoms with Gasteiger partial charge in [-0.2, -0.15) is 0 Å². The van der Waals surface area contributed by atoms with E-state index in [1.807, 2.05) is 0 Å². The Morgan fingerprint density at radius 3 is 2.30 bits per heavy atom. The van der Waals surface area contributed by atoms with Crippen LogP contribution in [0.25, 0.3) is 0 Å². The molecule has 168 valence electrons. The summed E-state index contributed by atoms with van der Waals surface area (Å²) >= 11 is 0. The highest BCUT2D eigenvalue weighted by Crippen LogP contribution is 2.60. The number of nitrogens with one attached hydrogen (secondary N) is 1. The average molecular weight is 413 g/mol. The van der Waals surface area contributed by atoms with E-state index in [-0.39, 0.29) is 16.7 Å². The first kappa shape index (κ1) is 23.3. The monoisotopic (exact) mass is 412 g/mol. The summed E-state index contributed by atoms with van der Waals surface area (Å²) in [5.41, 5.74) is 7.28. The number of hydrogen-bond donors (Lipinski definition) is 2. The van der Waals surface area contributed by atoms with Gasteiger partial charge in [-0.1, -0.05) is 70.9 Å². The number of nitrogens with two attached hydrogens (primary N) is 1. The summed E-state index contributed by atoms with van der Waals surface area (Å²) in [5, 5.41) is 3.37. The average Bonchev–Trinajstić information content (AvgIpc) is 2.68. The third-order valence-electron chi connectivity index (χ3n) is 7.94. The van der Waals surface area contributed by atoms with Crippen LogP contribution in [0.1, 0.15) is 91.0 Å². The highest BCUT2D eigenvalue weighted by molar-refractivity contribution is 5.80. The minimum atomic E-state index is -0.352. The summed E-state index contributed by atoms with van der Waals surface area (Å²) in [6.07, 6.45) is 11.1. The number of piperidine rings is 1. The molecule has 3 fully saturated rings. The van der Waals surface area contributed by atoms with Gasteiger partial charge in [0.25, 0.3) is 0 Å². The molecular formula is C27H44N2O. The first-order chi connectivity index (χ1) is 14.2. The van der Waals surface area contributed by atoms with Gasteiger partial charge in [-0.05, 0) is 86.3 Å². The number of primary amides is 1. The summed E-state index contributed by atoms with van der Waals surface area (Å²) in [7, 11) is 0.